The molecule has 1 unspecified atom stereocenters. The van der Waals surface area contributed by atoms with E-state index in [2.05, 4.69) is 30.4 Å². The third-order valence-electron chi connectivity index (χ3n) is 4.26. The standard InChI is InChI=1S/C16H17N7O2S/c1-16(2)10-5-4-9(8-11(10)19-14(16)24)18-15-20-13-12(22-26(3)25)17-6-7-23(13)21-15/h4-8H,1-3H3,(H,17,22)(H,18,21)(H,19,24). The number of anilines is 4. The maximum atomic E-state index is 12.1. The third kappa shape index (κ3) is 2.72. The monoisotopic (exact) mass is 371 g/mol. The first-order chi connectivity index (χ1) is 12.3. The highest BCUT2D eigenvalue weighted by Gasteiger charge is 2.38. The third-order valence-corrected chi connectivity index (χ3v) is 4.74. The summed E-state index contributed by atoms with van der Waals surface area (Å²) in [4.78, 5) is 20.6. The van der Waals surface area contributed by atoms with Crippen molar-refractivity contribution in [3.63, 3.8) is 0 Å². The Kier molecular flexibility index (Phi) is 3.74. The van der Waals surface area contributed by atoms with Crippen LogP contribution in [-0.4, -0.2) is 36.3 Å². The van der Waals surface area contributed by atoms with Gasteiger partial charge in [0.2, 0.25) is 23.3 Å². The van der Waals surface area contributed by atoms with Crippen LogP contribution in [0, 0.1) is 0 Å². The zero-order chi connectivity index (χ0) is 18.5. The Morgan fingerprint density at radius 1 is 1.35 bits per heavy atom. The predicted octanol–water partition coefficient (Wildman–Crippen LogP) is 1.80. The number of carbonyl (C=O) groups is 1. The van der Waals surface area contributed by atoms with E-state index in [9.17, 15) is 9.35 Å². The van der Waals surface area contributed by atoms with E-state index in [-0.39, 0.29) is 5.91 Å². The molecule has 3 aromatic rings. The zero-order valence-electron chi connectivity index (χ0n) is 14.4. The molecular formula is C16H17N7O2S. The molecule has 4 rings (SSSR count). The van der Waals surface area contributed by atoms with Crippen LogP contribution >= 0.6 is 0 Å². The smallest absolute Gasteiger partial charge is 0.247 e. The van der Waals surface area contributed by atoms with Crippen LogP contribution in [0.15, 0.2) is 30.6 Å². The molecule has 2 aromatic heterocycles. The molecule has 10 heteroatoms. The Labute approximate surface area is 152 Å². The highest BCUT2D eigenvalue weighted by Crippen LogP contribution is 2.38. The lowest BCUT2D eigenvalue weighted by molar-refractivity contribution is -0.119. The lowest BCUT2D eigenvalue weighted by Crippen LogP contribution is -2.26. The van der Waals surface area contributed by atoms with Crippen molar-refractivity contribution in [1.82, 2.24) is 19.6 Å². The van der Waals surface area contributed by atoms with Crippen molar-refractivity contribution in [3.05, 3.63) is 36.2 Å². The average molecular weight is 371 g/mol. The SMILES string of the molecule is C[S+]([O-])Nc1nccn2nc(Nc3ccc4c(c3)NC(=O)C4(C)C)nc12. The van der Waals surface area contributed by atoms with E-state index < -0.39 is 16.8 Å². The van der Waals surface area contributed by atoms with Crippen molar-refractivity contribution < 1.29 is 9.35 Å². The van der Waals surface area contributed by atoms with Crippen LogP contribution in [0.3, 0.4) is 0 Å². The lowest BCUT2D eigenvalue weighted by atomic mass is 9.86. The summed E-state index contributed by atoms with van der Waals surface area (Å²) in [6.07, 6.45) is 4.72. The van der Waals surface area contributed by atoms with Crippen LogP contribution in [0.25, 0.3) is 5.65 Å². The first-order valence-corrected chi connectivity index (χ1v) is 9.45. The summed E-state index contributed by atoms with van der Waals surface area (Å²) in [6, 6.07) is 5.65. The molecule has 134 valence electrons. The number of benzene rings is 1. The summed E-state index contributed by atoms with van der Waals surface area (Å²) in [7, 11) is 0. The molecule has 26 heavy (non-hydrogen) atoms. The van der Waals surface area contributed by atoms with Crippen molar-refractivity contribution in [3.8, 4) is 0 Å². The van der Waals surface area contributed by atoms with Gasteiger partial charge in [-0.05, 0) is 31.5 Å². The van der Waals surface area contributed by atoms with Crippen LogP contribution in [0.2, 0.25) is 0 Å². The van der Waals surface area contributed by atoms with Crippen molar-refractivity contribution in [2.24, 2.45) is 0 Å². The molecule has 0 radical (unpaired) electrons. The van der Waals surface area contributed by atoms with Gasteiger partial charge in [0.05, 0.1) is 16.8 Å². The van der Waals surface area contributed by atoms with Crippen molar-refractivity contribution >= 4 is 46.1 Å². The second-order valence-corrected chi connectivity index (χ2v) is 7.61. The summed E-state index contributed by atoms with van der Waals surface area (Å²) in [5.41, 5.74) is 2.40. The lowest BCUT2D eigenvalue weighted by Gasteiger charge is -2.14. The van der Waals surface area contributed by atoms with E-state index in [0.717, 1.165) is 16.9 Å². The van der Waals surface area contributed by atoms with Gasteiger partial charge in [-0.2, -0.15) is 9.71 Å². The van der Waals surface area contributed by atoms with Gasteiger partial charge < -0.3 is 15.2 Å². The number of amides is 1. The Morgan fingerprint density at radius 2 is 2.15 bits per heavy atom. The number of aromatic nitrogens is 4. The van der Waals surface area contributed by atoms with Crippen LogP contribution < -0.4 is 15.4 Å². The Balaban J connectivity index is 1.64. The van der Waals surface area contributed by atoms with Gasteiger partial charge in [-0.1, -0.05) is 6.07 Å². The number of nitrogens with zero attached hydrogens (tertiary/aromatic N) is 4. The minimum Gasteiger partial charge on any atom is -0.593 e. The number of hydrogen-bond acceptors (Lipinski definition) is 7. The molecule has 0 saturated carbocycles. The molecule has 3 heterocycles. The molecule has 1 aliphatic rings. The summed E-state index contributed by atoms with van der Waals surface area (Å²) in [6.45, 7) is 3.79. The fourth-order valence-electron chi connectivity index (χ4n) is 2.88. The van der Waals surface area contributed by atoms with Gasteiger partial charge in [0.15, 0.2) is 0 Å². The maximum Gasteiger partial charge on any atom is 0.247 e. The number of nitrogens with one attached hydrogen (secondary N) is 3. The minimum atomic E-state index is -1.27. The van der Waals surface area contributed by atoms with E-state index in [4.69, 9.17) is 0 Å². The molecule has 1 atom stereocenters. The first kappa shape index (κ1) is 16.6. The molecule has 9 nitrogen and oxygen atoms in total. The Hall–Kier alpha value is -2.85. The van der Waals surface area contributed by atoms with Gasteiger partial charge in [-0.25, -0.2) is 9.50 Å². The fraction of sp³-hybridized carbons (Fsp3) is 0.250. The molecule has 0 aliphatic carbocycles. The second kappa shape index (κ2) is 5.85. The number of rotatable bonds is 4. The molecule has 3 N–H and O–H groups in total. The Morgan fingerprint density at radius 3 is 2.92 bits per heavy atom. The van der Waals surface area contributed by atoms with Gasteiger partial charge >= 0.3 is 0 Å². The van der Waals surface area contributed by atoms with E-state index in [1.807, 2.05) is 32.0 Å². The molecule has 1 amide bonds. The average Bonchev–Trinajstić information content (AvgIpc) is 3.06. The van der Waals surface area contributed by atoms with Crippen LogP contribution in [0.1, 0.15) is 19.4 Å². The van der Waals surface area contributed by atoms with Crippen molar-refractivity contribution in [2.75, 3.05) is 21.6 Å². The number of carbonyl (C=O) groups excluding carboxylic acids is 1. The molecule has 0 fully saturated rings. The first-order valence-electron chi connectivity index (χ1n) is 7.89. The fourth-order valence-corrected chi connectivity index (χ4v) is 3.30. The van der Waals surface area contributed by atoms with Crippen molar-refractivity contribution in [1.29, 1.82) is 0 Å². The van der Waals surface area contributed by atoms with Gasteiger partial charge in [-0.3, -0.25) is 4.79 Å². The number of hydrogen-bond donors (Lipinski definition) is 3. The van der Waals surface area contributed by atoms with E-state index >= 15 is 0 Å². The van der Waals surface area contributed by atoms with Gasteiger partial charge in [0.25, 0.3) is 0 Å². The summed E-state index contributed by atoms with van der Waals surface area (Å²) in [5, 5.41) is 10.4. The van der Waals surface area contributed by atoms with Crippen LogP contribution in [0.4, 0.5) is 23.1 Å². The van der Waals surface area contributed by atoms with Crippen LogP contribution in [-0.2, 0) is 21.6 Å². The van der Waals surface area contributed by atoms with Gasteiger partial charge in [-0.15, -0.1) is 5.10 Å². The normalized spacial score (nSPS) is 16.2. The summed E-state index contributed by atoms with van der Waals surface area (Å²) < 4.78 is 15.7. The predicted molar refractivity (Wildman–Crippen MR) is 99.9 cm³/mol. The largest absolute Gasteiger partial charge is 0.593 e. The molecule has 0 bridgehead atoms. The second-order valence-electron chi connectivity index (χ2n) is 6.50. The molecule has 1 aromatic carbocycles. The van der Waals surface area contributed by atoms with E-state index in [1.54, 1.807) is 16.9 Å². The van der Waals surface area contributed by atoms with Crippen LogP contribution in [0.5, 0.6) is 0 Å². The van der Waals surface area contributed by atoms with Crippen molar-refractivity contribution in [2.45, 2.75) is 19.3 Å². The van der Waals surface area contributed by atoms with Gasteiger partial charge in [0.1, 0.15) is 6.26 Å². The molecular weight excluding hydrogens is 354 g/mol. The zero-order valence-corrected chi connectivity index (χ0v) is 15.2. The molecule has 0 saturated heterocycles. The van der Waals surface area contributed by atoms with E-state index in [0.29, 0.717) is 17.4 Å². The highest BCUT2D eigenvalue weighted by atomic mass is 32.2. The minimum absolute atomic E-state index is 0.0233. The molecule has 1 aliphatic heterocycles. The van der Waals surface area contributed by atoms with Gasteiger partial charge in [0, 0.05) is 23.8 Å². The topological polar surface area (TPSA) is 119 Å². The summed E-state index contributed by atoms with van der Waals surface area (Å²) >= 11 is -1.27. The number of fused-ring (bicyclic) bond motifs is 2. The summed E-state index contributed by atoms with van der Waals surface area (Å²) in [5.74, 6) is 0.730. The molecule has 0 spiro atoms. The Bertz CT molecular complexity index is 1020. The van der Waals surface area contributed by atoms with E-state index in [1.165, 1.54) is 6.26 Å². The quantitative estimate of drug-likeness (QED) is 0.598. The highest BCUT2D eigenvalue weighted by molar-refractivity contribution is 7.92. The maximum absolute atomic E-state index is 12.1.